The van der Waals surface area contributed by atoms with E-state index in [9.17, 15) is 4.79 Å². The Morgan fingerprint density at radius 3 is 2.28 bits per heavy atom. The zero-order chi connectivity index (χ0) is 36.0. The molecule has 266 valence electrons. The van der Waals surface area contributed by atoms with Gasteiger partial charge in [-0.1, -0.05) is 78.0 Å². The largest absolute Gasteiger partial charge is 0.493 e. The van der Waals surface area contributed by atoms with Gasteiger partial charge in [0, 0.05) is 48.2 Å². The Labute approximate surface area is 305 Å². The molecule has 0 aliphatic carbocycles. The minimum absolute atomic E-state index is 0.00194. The molecule has 3 aliphatic rings. The van der Waals surface area contributed by atoms with Gasteiger partial charge in [-0.25, -0.2) is 0 Å². The second-order valence-corrected chi connectivity index (χ2v) is 14.2. The van der Waals surface area contributed by atoms with Crippen LogP contribution in [-0.2, 0) is 39.7 Å². The van der Waals surface area contributed by atoms with Crippen LogP contribution in [0, 0.1) is 0 Å². The van der Waals surface area contributed by atoms with Gasteiger partial charge in [0.15, 0.2) is 17.2 Å². The molecule has 5 heterocycles. The first-order valence-electron chi connectivity index (χ1n) is 17.9. The van der Waals surface area contributed by atoms with Crippen LogP contribution in [0.5, 0.6) is 11.5 Å². The van der Waals surface area contributed by atoms with Crippen LogP contribution < -0.4 is 9.47 Å². The van der Waals surface area contributed by atoms with Gasteiger partial charge < -0.3 is 37.8 Å². The maximum atomic E-state index is 14.9. The highest BCUT2D eigenvalue weighted by molar-refractivity contribution is 6.31. The molecule has 1 amide bonds. The fraction of sp³-hybridized carbons (Fsp3) is 0.256. The predicted octanol–water partition coefficient (Wildman–Crippen LogP) is 8.27. The van der Waals surface area contributed by atoms with Crippen molar-refractivity contribution in [3.8, 4) is 11.5 Å². The quantitative estimate of drug-likeness (QED) is 0.148. The van der Waals surface area contributed by atoms with Crippen molar-refractivity contribution in [1.29, 1.82) is 0 Å². The van der Waals surface area contributed by atoms with E-state index in [0.29, 0.717) is 37.6 Å². The molecule has 0 unspecified atom stereocenters. The Morgan fingerprint density at radius 2 is 1.53 bits per heavy atom. The van der Waals surface area contributed by atoms with Crippen LogP contribution in [0.4, 0.5) is 0 Å². The van der Waals surface area contributed by atoms with Crippen molar-refractivity contribution in [2.45, 2.75) is 51.1 Å². The Morgan fingerprint density at radius 1 is 0.811 bits per heavy atom. The number of benzene rings is 5. The Bertz CT molecular complexity index is 2660. The molecule has 53 heavy (non-hydrogen) atoms. The predicted molar refractivity (Wildman–Crippen MR) is 203 cm³/mol. The number of carbonyl (C=O) groups excluding carboxylic acids is 1. The molecule has 1 fully saturated rings. The summed E-state index contributed by atoms with van der Waals surface area (Å²) in [5.41, 5.74) is 7.50. The topological polar surface area (TPSA) is 88.7 Å². The Kier molecular flexibility index (Phi) is 7.12. The summed E-state index contributed by atoms with van der Waals surface area (Å²) in [4.78, 5) is 22.9. The Balaban J connectivity index is 1.22. The molecule has 2 aromatic heterocycles. The van der Waals surface area contributed by atoms with E-state index in [1.165, 1.54) is 0 Å². The lowest BCUT2D eigenvalue weighted by atomic mass is 9.95. The van der Waals surface area contributed by atoms with Crippen molar-refractivity contribution in [3.63, 3.8) is 0 Å². The van der Waals surface area contributed by atoms with Crippen molar-refractivity contribution in [3.05, 3.63) is 119 Å². The van der Waals surface area contributed by atoms with Crippen LogP contribution >= 0.6 is 0 Å². The van der Waals surface area contributed by atoms with Gasteiger partial charge >= 0.3 is 0 Å². The van der Waals surface area contributed by atoms with Crippen molar-refractivity contribution >= 4 is 55.2 Å². The van der Waals surface area contributed by atoms with E-state index in [-0.39, 0.29) is 5.91 Å². The average Bonchev–Trinajstić information content (AvgIpc) is 3.80. The van der Waals surface area contributed by atoms with Crippen LogP contribution in [0.2, 0.25) is 0 Å². The molecule has 10 heteroatoms. The molecule has 0 saturated carbocycles. The Hall–Kier alpha value is -5.84. The van der Waals surface area contributed by atoms with Gasteiger partial charge in [-0.3, -0.25) is 4.79 Å². The number of aromatic nitrogens is 2. The fourth-order valence-corrected chi connectivity index (χ4v) is 9.19. The molecule has 0 N–H and O–H groups in total. The van der Waals surface area contributed by atoms with Crippen molar-refractivity contribution in [2.24, 2.45) is 5.16 Å². The summed E-state index contributed by atoms with van der Waals surface area (Å²) in [6.07, 6.45) is -0.569. The summed E-state index contributed by atoms with van der Waals surface area (Å²) in [6.45, 7) is 3.31. The monoisotopic (exact) mass is 706 g/mol. The van der Waals surface area contributed by atoms with E-state index in [0.717, 1.165) is 71.6 Å². The molecule has 3 atom stereocenters. The normalized spacial score (nSPS) is 21.3. The van der Waals surface area contributed by atoms with Crippen molar-refractivity contribution < 1.29 is 28.6 Å². The van der Waals surface area contributed by atoms with Gasteiger partial charge in [0.2, 0.25) is 0 Å². The summed E-state index contributed by atoms with van der Waals surface area (Å²) in [5.74, 6) is 1.28. The summed E-state index contributed by atoms with van der Waals surface area (Å²) >= 11 is 0. The number of carbonyl (C=O) groups is 1. The maximum absolute atomic E-state index is 14.9. The lowest BCUT2D eigenvalue weighted by Gasteiger charge is -2.44. The average molecular weight is 707 g/mol. The molecule has 5 aromatic carbocycles. The van der Waals surface area contributed by atoms with E-state index in [4.69, 9.17) is 28.9 Å². The second-order valence-electron chi connectivity index (χ2n) is 14.2. The summed E-state index contributed by atoms with van der Waals surface area (Å²) in [6, 6.07) is 32.6. The molecule has 0 radical (unpaired) electrons. The number of oxime groups is 1. The number of ether oxygens (including phenoxy) is 4. The standard InChI is InChI=1S/C43H38N4O6/c1-43-41(51-4)30(44-52-24-25-12-6-5-7-13-25)21-35(53-43)46-31-16-10-8-14-27(31)37-38-29(36-28-15-9-11-17-32(28)47(43)40(36)39(37)46)23-45(42(38)48)22-26-18-19-33(49-2)34(20-26)50-3/h5-20,35,41H,21-24H2,1-4H3/b44-30+/t35-,41-,43+/m1/s1. The number of para-hydroxylation sites is 2. The zero-order valence-electron chi connectivity index (χ0n) is 30.0. The van der Waals surface area contributed by atoms with Crippen LogP contribution in [0.15, 0.2) is 102 Å². The molecular formula is C43H38N4O6. The highest BCUT2D eigenvalue weighted by atomic mass is 16.6. The molecule has 7 aromatic rings. The number of amides is 1. The zero-order valence-corrected chi connectivity index (χ0v) is 30.0. The smallest absolute Gasteiger partial charge is 0.255 e. The lowest BCUT2D eigenvalue weighted by Crippen LogP contribution is -2.54. The summed E-state index contributed by atoms with van der Waals surface area (Å²) in [7, 11) is 4.96. The minimum Gasteiger partial charge on any atom is -0.493 e. The van der Waals surface area contributed by atoms with Gasteiger partial charge in [0.1, 0.15) is 18.9 Å². The fourth-order valence-electron chi connectivity index (χ4n) is 9.19. The van der Waals surface area contributed by atoms with Crippen LogP contribution in [0.3, 0.4) is 0 Å². The first kappa shape index (κ1) is 31.9. The molecule has 2 bridgehead atoms. The molecule has 1 saturated heterocycles. The maximum Gasteiger partial charge on any atom is 0.255 e. The van der Waals surface area contributed by atoms with Gasteiger partial charge in [-0.2, -0.15) is 0 Å². The van der Waals surface area contributed by atoms with Crippen LogP contribution in [0.25, 0.3) is 43.6 Å². The number of rotatable bonds is 8. The molecule has 0 spiro atoms. The minimum atomic E-state index is -1.02. The summed E-state index contributed by atoms with van der Waals surface area (Å²) in [5, 5.41) is 8.84. The molecule has 3 aliphatic heterocycles. The van der Waals surface area contributed by atoms with E-state index < -0.39 is 18.1 Å². The number of nitrogens with zero attached hydrogens (tertiary/aromatic N) is 4. The third-order valence-corrected chi connectivity index (χ3v) is 11.3. The third-order valence-electron chi connectivity index (χ3n) is 11.3. The van der Waals surface area contributed by atoms with Crippen LogP contribution in [0.1, 0.15) is 46.6 Å². The molecular weight excluding hydrogens is 668 g/mol. The van der Waals surface area contributed by atoms with Crippen molar-refractivity contribution in [2.75, 3.05) is 21.3 Å². The highest BCUT2D eigenvalue weighted by Crippen LogP contribution is 2.54. The van der Waals surface area contributed by atoms with Gasteiger partial charge in [0.05, 0.1) is 47.6 Å². The number of methoxy groups -OCH3 is 3. The first-order valence-corrected chi connectivity index (χ1v) is 17.9. The van der Waals surface area contributed by atoms with E-state index in [2.05, 4.69) is 52.5 Å². The lowest BCUT2D eigenvalue weighted by molar-refractivity contribution is -0.211. The van der Waals surface area contributed by atoms with Gasteiger partial charge in [-0.15, -0.1) is 0 Å². The third kappa shape index (κ3) is 4.45. The molecule has 10 rings (SSSR count). The molecule has 10 nitrogen and oxygen atoms in total. The number of fused-ring (bicyclic) bond motifs is 13. The van der Waals surface area contributed by atoms with E-state index in [1.54, 1.807) is 21.3 Å². The van der Waals surface area contributed by atoms with Gasteiger partial charge in [0.25, 0.3) is 5.91 Å². The SMILES string of the molecule is COc1ccc(CN2Cc3c(c4c5ccccc5n5c4c4c3c3ccccc3n4[C@@]3(C)O[C@@H]5C/C(=N\OCc4ccccc4)[C@H]3OC)C2=O)cc1OC. The number of hydrogen-bond donors (Lipinski definition) is 0. The first-order chi connectivity index (χ1) is 25.9. The van der Waals surface area contributed by atoms with E-state index in [1.807, 2.05) is 65.6 Å². The highest BCUT2D eigenvalue weighted by Gasteiger charge is 2.53. The van der Waals surface area contributed by atoms with Crippen molar-refractivity contribution in [1.82, 2.24) is 14.0 Å². The summed E-state index contributed by atoms with van der Waals surface area (Å²) < 4.78 is 29.3. The van der Waals surface area contributed by atoms with Crippen LogP contribution in [-0.4, -0.2) is 53.1 Å². The second kappa shape index (κ2) is 11.8. The van der Waals surface area contributed by atoms with E-state index >= 15 is 0 Å². The van der Waals surface area contributed by atoms with Gasteiger partial charge in [-0.05, 0) is 47.9 Å². The number of hydrogen-bond acceptors (Lipinski definition) is 7.